The van der Waals surface area contributed by atoms with E-state index in [0.717, 1.165) is 6.26 Å². The van der Waals surface area contributed by atoms with Gasteiger partial charge < -0.3 is 11.1 Å². The van der Waals surface area contributed by atoms with Crippen LogP contribution in [0.1, 0.15) is 16.1 Å². The fourth-order valence-corrected chi connectivity index (χ4v) is 1.70. The number of nitrogen functional groups attached to an aromatic ring is 1. The first kappa shape index (κ1) is 13.4. The molecule has 7 heteroatoms. The van der Waals surface area contributed by atoms with Gasteiger partial charge >= 0.3 is 0 Å². The van der Waals surface area contributed by atoms with E-state index in [9.17, 15) is 13.2 Å². The first-order valence-electron chi connectivity index (χ1n) is 4.97. The number of nitrogens with two attached hydrogens (primary N) is 1. The number of sulfone groups is 1. The van der Waals surface area contributed by atoms with Crippen molar-refractivity contribution >= 4 is 21.4 Å². The number of nitrogens with one attached hydrogen (secondary N) is 1. The third-order valence-electron chi connectivity index (χ3n) is 2.11. The van der Waals surface area contributed by atoms with Gasteiger partial charge in [-0.15, -0.1) is 0 Å². The van der Waals surface area contributed by atoms with E-state index in [4.69, 9.17) is 5.73 Å². The minimum atomic E-state index is -3.08. The van der Waals surface area contributed by atoms with Crippen molar-refractivity contribution in [3.8, 4) is 0 Å². The van der Waals surface area contributed by atoms with Crippen LogP contribution in [0, 0.1) is 6.92 Å². The fourth-order valence-electron chi connectivity index (χ4n) is 1.22. The van der Waals surface area contributed by atoms with Crippen molar-refractivity contribution in [1.29, 1.82) is 0 Å². The Morgan fingerprint density at radius 3 is 2.76 bits per heavy atom. The number of aromatic nitrogens is 1. The molecular formula is C10H15N3O3S. The van der Waals surface area contributed by atoms with Gasteiger partial charge in [0, 0.05) is 12.8 Å². The monoisotopic (exact) mass is 257 g/mol. The lowest BCUT2D eigenvalue weighted by Gasteiger charge is -2.07. The van der Waals surface area contributed by atoms with Crippen LogP contribution in [0.25, 0.3) is 0 Å². The number of rotatable bonds is 4. The fraction of sp³-hybridized carbons (Fsp3) is 0.400. The zero-order chi connectivity index (χ0) is 13.1. The van der Waals surface area contributed by atoms with Gasteiger partial charge in [-0.3, -0.25) is 9.78 Å². The summed E-state index contributed by atoms with van der Waals surface area (Å²) in [6.45, 7) is 1.76. The SMILES string of the molecule is Cc1ncc(N)cc1C(=O)NCCS(C)(=O)=O. The van der Waals surface area contributed by atoms with Crippen LogP contribution >= 0.6 is 0 Å². The largest absolute Gasteiger partial charge is 0.397 e. The summed E-state index contributed by atoms with van der Waals surface area (Å²) in [5, 5.41) is 2.51. The Balaban J connectivity index is 2.67. The molecule has 1 amide bonds. The van der Waals surface area contributed by atoms with Gasteiger partial charge in [0.05, 0.1) is 28.9 Å². The second kappa shape index (κ2) is 5.13. The molecule has 0 saturated heterocycles. The Kier molecular flexibility index (Phi) is 4.06. The summed E-state index contributed by atoms with van der Waals surface area (Å²) in [6.07, 6.45) is 2.58. The molecule has 0 aliphatic rings. The molecule has 1 rings (SSSR count). The summed E-state index contributed by atoms with van der Waals surface area (Å²) in [4.78, 5) is 15.7. The highest BCUT2D eigenvalue weighted by atomic mass is 32.2. The van der Waals surface area contributed by atoms with Crippen molar-refractivity contribution in [2.24, 2.45) is 0 Å². The predicted molar refractivity (Wildman–Crippen MR) is 65.4 cm³/mol. The number of anilines is 1. The lowest BCUT2D eigenvalue weighted by atomic mass is 10.2. The number of hydrogen-bond acceptors (Lipinski definition) is 5. The van der Waals surface area contributed by atoms with E-state index in [1.54, 1.807) is 6.92 Å². The van der Waals surface area contributed by atoms with Gasteiger partial charge in [0.2, 0.25) is 0 Å². The van der Waals surface area contributed by atoms with E-state index in [-0.39, 0.29) is 18.2 Å². The maximum Gasteiger partial charge on any atom is 0.253 e. The molecular weight excluding hydrogens is 242 g/mol. The number of amides is 1. The molecule has 0 aromatic carbocycles. The number of hydrogen-bond donors (Lipinski definition) is 2. The molecule has 1 aromatic heterocycles. The van der Waals surface area contributed by atoms with Gasteiger partial charge in [-0.05, 0) is 13.0 Å². The second-order valence-corrected chi connectivity index (χ2v) is 6.05. The Hall–Kier alpha value is -1.63. The predicted octanol–water partition coefficient (Wildman–Crippen LogP) is -0.253. The van der Waals surface area contributed by atoms with Crippen LogP contribution in [0.2, 0.25) is 0 Å². The van der Waals surface area contributed by atoms with Crippen molar-refractivity contribution in [3.05, 3.63) is 23.5 Å². The molecule has 0 saturated carbocycles. The van der Waals surface area contributed by atoms with Crippen LogP contribution in [-0.2, 0) is 9.84 Å². The number of carbonyl (C=O) groups is 1. The van der Waals surface area contributed by atoms with E-state index >= 15 is 0 Å². The molecule has 3 N–H and O–H groups in total. The van der Waals surface area contributed by atoms with Crippen molar-refractivity contribution in [3.63, 3.8) is 0 Å². The van der Waals surface area contributed by atoms with E-state index in [2.05, 4.69) is 10.3 Å². The van der Waals surface area contributed by atoms with Crippen molar-refractivity contribution in [2.45, 2.75) is 6.92 Å². The number of aryl methyl sites for hydroxylation is 1. The summed E-state index contributed by atoms with van der Waals surface area (Å²) in [5.41, 5.74) is 6.83. The Morgan fingerprint density at radius 2 is 2.18 bits per heavy atom. The minimum Gasteiger partial charge on any atom is -0.397 e. The highest BCUT2D eigenvalue weighted by Gasteiger charge is 2.11. The quantitative estimate of drug-likeness (QED) is 0.774. The summed E-state index contributed by atoms with van der Waals surface area (Å²) in [7, 11) is -3.08. The zero-order valence-electron chi connectivity index (χ0n) is 9.73. The molecule has 0 aliphatic carbocycles. The van der Waals surface area contributed by atoms with E-state index < -0.39 is 9.84 Å². The molecule has 0 spiro atoms. The van der Waals surface area contributed by atoms with Gasteiger partial charge in [0.1, 0.15) is 9.84 Å². The van der Waals surface area contributed by atoms with Gasteiger partial charge in [0.25, 0.3) is 5.91 Å². The topological polar surface area (TPSA) is 102 Å². The molecule has 0 aliphatic heterocycles. The number of carbonyl (C=O) groups excluding carboxylic acids is 1. The smallest absolute Gasteiger partial charge is 0.253 e. The van der Waals surface area contributed by atoms with Crippen LogP contribution in [0.5, 0.6) is 0 Å². The average Bonchev–Trinajstić information content (AvgIpc) is 2.19. The van der Waals surface area contributed by atoms with Crippen LogP contribution in [0.15, 0.2) is 12.3 Å². The third kappa shape index (κ3) is 4.39. The normalized spacial score (nSPS) is 11.2. The molecule has 0 bridgehead atoms. The number of nitrogens with zero attached hydrogens (tertiary/aromatic N) is 1. The molecule has 1 aromatic rings. The summed E-state index contributed by atoms with van der Waals surface area (Å²) < 4.78 is 21.8. The maximum absolute atomic E-state index is 11.7. The maximum atomic E-state index is 11.7. The standard InChI is InChI=1S/C10H15N3O3S/c1-7-9(5-8(11)6-13-7)10(14)12-3-4-17(2,15)16/h5-6H,3-4,11H2,1-2H3,(H,12,14). The van der Waals surface area contributed by atoms with Gasteiger partial charge in [-0.2, -0.15) is 0 Å². The lowest BCUT2D eigenvalue weighted by molar-refractivity contribution is 0.0955. The Bertz CT molecular complexity index is 526. The first-order valence-corrected chi connectivity index (χ1v) is 7.03. The van der Waals surface area contributed by atoms with Gasteiger partial charge in [-0.1, -0.05) is 0 Å². The molecule has 94 valence electrons. The Morgan fingerprint density at radius 1 is 1.53 bits per heavy atom. The Labute approximate surface area is 100 Å². The third-order valence-corrected chi connectivity index (χ3v) is 3.06. The highest BCUT2D eigenvalue weighted by molar-refractivity contribution is 7.90. The summed E-state index contributed by atoms with van der Waals surface area (Å²) in [6, 6.07) is 1.51. The van der Waals surface area contributed by atoms with Gasteiger partial charge in [0.15, 0.2) is 0 Å². The van der Waals surface area contributed by atoms with Crippen molar-refractivity contribution in [1.82, 2.24) is 10.3 Å². The minimum absolute atomic E-state index is 0.0753. The van der Waals surface area contributed by atoms with Crippen LogP contribution in [0.4, 0.5) is 5.69 Å². The first-order chi connectivity index (χ1) is 7.79. The molecule has 17 heavy (non-hydrogen) atoms. The second-order valence-electron chi connectivity index (χ2n) is 3.79. The van der Waals surface area contributed by atoms with Crippen LogP contribution in [0.3, 0.4) is 0 Å². The highest BCUT2D eigenvalue weighted by Crippen LogP contribution is 2.08. The molecule has 0 radical (unpaired) electrons. The van der Waals surface area contributed by atoms with E-state index in [0.29, 0.717) is 16.9 Å². The van der Waals surface area contributed by atoms with Crippen molar-refractivity contribution in [2.75, 3.05) is 24.3 Å². The van der Waals surface area contributed by atoms with Gasteiger partial charge in [-0.25, -0.2) is 8.42 Å². The lowest BCUT2D eigenvalue weighted by Crippen LogP contribution is -2.29. The summed E-state index contributed by atoms with van der Waals surface area (Å²) >= 11 is 0. The molecule has 1 heterocycles. The van der Waals surface area contributed by atoms with Crippen LogP contribution < -0.4 is 11.1 Å². The number of pyridine rings is 1. The molecule has 0 atom stereocenters. The van der Waals surface area contributed by atoms with E-state index in [1.807, 2.05) is 0 Å². The summed E-state index contributed by atoms with van der Waals surface area (Å²) in [5.74, 6) is -0.459. The molecule has 0 unspecified atom stereocenters. The molecule has 6 nitrogen and oxygen atoms in total. The van der Waals surface area contributed by atoms with Crippen LogP contribution in [-0.4, -0.2) is 37.9 Å². The molecule has 0 fully saturated rings. The zero-order valence-corrected chi connectivity index (χ0v) is 10.5. The van der Waals surface area contributed by atoms with Crippen molar-refractivity contribution < 1.29 is 13.2 Å². The average molecular weight is 257 g/mol. The van der Waals surface area contributed by atoms with E-state index in [1.165, 1.54) is 12.3 Å².